The van der Waals surface area contributed by atoms with E-state index in [9.17, 15) is 4.79 Å². The number of benzene rings is 2. The van der Waals surface area contributed by atoms with Gasteiger partial charge >= 0.3 is 0 Å². The SMILES string of the molecule is C=CC(=O)Nc1cc(Nc2ncc(-c3ncco3)c(-c3cn(C)c4ccccc34)n2)c(OC)cc1C1C[C@H]2CCCN(C)[C@H]2C1. The lowest BCUT2D eigenvalue weighted by molar-refractivity contribution is -0.111. The zero-order valence-electron chi connectivity index (χ0n) is 25.8. The van der Waals surface area contributed by atoms with E-state index in [1.54, 1.807) is 19.5 Å². The predicted octanol–water partition coefficient (Wildman–Crippen LogP) is 6.75. The Kier molecular flexibility index (Phi) is 7.58. The number of hydrogen-bond acceptors (Lipinski definition) is 8. The van der Waals surface area contributed by atoms with E-state index in [-0.39, 0.29) is 5.91 Å². The van der Waals surface area contributed by atoms with E-state index in [0.29, 0.717) is 52.4 Å². The Hall–Kier alpha value is -4.96. The first-order valence-electron chi connectivity index (χ1n) is 15.4. The molecular weight excluding hydrogens is 566 g/mol. The molecule has 2 aliphatic rings. The van der Waals surface area contributed by atoms with Crippen LogP contribution in [0.15, 0.2) is 78.3 Å². The van der Waals surface area contributed by atoms with E-state index >= 15 is 0 Å². The molecule has 0 bridgehead atoms. The van der Waals surface area contributed by atoms with Gasteiger partial charge in [-0.15, -0.1) is 0 Å². The zero-order chi connectivity index (χ0) is 31.1. The standard InChI is InChI=1S/C35H37N7O3/c1-5-32(43)38-27-18-28(31(44-4)17-24(27)22-15-21-9-8-13-41(2)30(21)16-22)39-35-37-19-25(34-36-12-14-45-34)33(40-35)26-20-42(3)29-11-7-6-10-23(26)29/h5-7,10-12,14,17-22,30H,1,8-9,13,15-16H2,2-4H3,(H,38,43)(H,37,39,40)/t21-,22?,30+/m1/s1. The number of likely N-dealkylation sites (tertiary alicyclic amines) is 1. The number of hydrogen-bond donors (Lipinski definition) is 2. The summed E-state index contributed by atoms with van der Waals surface area (Å²) in [7, 11) is 5.90. The van der Waals surface area contributed by atoms with Gasteiger partial charge in [0.05, 0.1) is 30.3 Å². The Morgan fingerprint density at radius 2 is 2.00 bits per heavy atom. The smallest absolute Gasteiger partial charge is 0.247 e. The minimum atomic E-state index is -0.260. The fourth-order valence-corrected chi connectivity index (χ4v) is 7.28. The van der Waals surface area contributed by atoms with Crippen LogP contribution in [0.1, 0.15) is 37.2 Å². The van der Waals surface area contributed by atoms with Crippen LogP contribution in [-0.2, 0) is 11.8 Å². The monoisotopic (exact) mass is 603 g/mol. The van der Waals surface area contributed by atoms with Crippen LogP contribution < -0.4 is 15.4 Å². The number of ether oxygens (including phenoxy) is 1. The molecule has 1 aliphatic heterocycles. The number of methoxy groups -OCH3 is 1. The Balaban J connectivity index is 1.29. The van der Waals surface area contributed by atoms with Crippen molar-refractivity contribution in [3.63, 3.8) is 0 Å². The normalized spacial score (nSPS) is 19.8. The Bertz CT molecular complexity index is 1880. The number of carbonyl (C=O) groups is 1. The Labute approximate surface area is 262 Å². The number of fused-ring (bicyclic) bond motifs is 2. The molecule has 230 valence electrons. The summed E-state index contributed by atoms with van der Waals surface area (Å²) in [5.41, 5.74) is 5.82. The lowest BCUT2D eigenvalue weighted by Gasteiger charge is -2.34. The van der Waals surface area contributed by atoms with Gasteiger partial charge in [0.1, 0.15) is 12.0 Å². The molecule has 5 aromatic rings. The van der Waals surface area contributed by atoms with Gasteiger partial charge in [-0.1, -0.05) is 24.8 Å². The number of aryl methyl sites for hydroxylation is 1. The first kappa shape index (κ1) is 28.8. The van der Waals surface area contributed by atoms with E-state index < -0.39 is 0 Å². The third-order valence-corrected chi connectivity index (χ3v) is 9.41. The highest BCUT2D eigenvalue weighted by Gasteiger charge is 2.40. The highest BCUT2D eigenvalue weighted by Crippen LogP contribution is 2.48. The first-order valence-corrected chi connectivity index (χ1v) is 15.4. The second kappa shape index (κ2) is 11.9. The summed E-state index contributed by atoms with van der Waals surface area (Å²) in [5.74, 6) is 2.15. The number of para-hydroxylation sites is 1. The van der Waals surface area contributed by atoms with Crippen LogP contribution in [0.25, 0.3) is 33.6 Å². The van der Waals surface area contributed by atoms with Crippen LogP contribution in [0.3, 0.4) is 0 Å². The van der Waals surface area contributed by atoms with Crippen molar-refractivity contribution in [1.82, 2.24) is 24.4 Å². The fraction of sp³-hybridized carbons (Fsp3) is 0.314. The van der Waals surface area contributed by atoms with Crippen LogP contribution in [0.5, 0.6) is 5.75 Å². The number of oxazole rings is 1. The number of piperidine rings is 1. The highest BCUT2D eigenvalue weighted by molar-refractivity contribution is 6.00. The maximum absolute atomic E-state index is 12.6. The van der Waals surface area contributed by atoms with Gasteiger partial charge in [0.15, 0.2) is 0 Å². The predicted molar refractivity (Wildman–Crippen MR) is 176 cm³/mol. The maximum Gasteiger partial charge on any atom is 0.247 e. The van der Waals surface area contributed by atoms with Gasteiger partial charge < -0.3 is 29.3 Å². The second-order valence-corrected chi connectivity index (χ2v) is 12.0. The second-order valence-electron chi connectivity index (χ2n) is 12.0. The van der Waals surface area contributed by atoms with Crippen LogP contribution in [0, 0.1) is 5.92 Å². The van der Waals surface area contributed by atoms with E-state index in [0.717, 1.165) is 47.1 Å². The molecule has 0 spiro atoms. The summed E-state index contributed by atoms with van der Waals surface area (Å²) >= 11 is 0. The van der Waals surface area contributed by atoms with Gasteiger partial charge in [0.25, 0.3) is 0 Å². The quantitative estimate of drug-likeness (QED) is 0.187. The van der Waals surface area contributed by atoms with Gasteiger partial charge in [-0.25, -0.2) is 15.0 Å². The Morgan fingerprint density at radius 1 is 1.13 bits per heavy atom. The number of nitrogens with one attached hydrogen (secondary N) is 2. The lowest BCUT2D eigenvalue weighted by atomic mass is 9.91. The van der Waals surface area contributed by atoms with Gasteiger partial charge in [-0.3, -0.25) is 4.79 Å². The summed E-state index contributed by atoms with van der Waals surface area (Å²) < 4.78 is 13.7. The number of aromatic nitrogens is 4. The molecule has 45 heavy (non-hydrogen) atoms. The maximum atomic E-state index is 12.6. The zero-order valence-corrected chi connectivity index (χ0v) is 25.8. The number of nitrogens with zero attached hydrogens (tertiary/aromatic N) is 5. The molecule has 1 unspecified atom stereocenters. The largest absolute Gasteiger partial charge is 0.495 e. The lowest BCUT2D eigenvalue weighted by Crippen LogP contribution is -2.39. The van der Waals surface area contributed by atoms with Gasteiger partial charge in [-0.05, 0) is 81.0 Å². The van der Waals surface area contributed by atoms with Crippen LogP contribution in [-0.4, -0.2) is 57.1 Å². The van der Waals surface area contributed by atoms with Crippen LogP contribution >= 0.6 is 0 Å². The topological polar surface area (TPSA) is 110 Å². The molecular formula is C35H37N7O3. The highest BCUT2D eigenvalue weighted by atomic mass is 16.5. The van der Waals surface area contributed by atoms with Crippen LogP contribution in [0.2, 0.25) is 0 Å². The molecule has 0 radical (unpaired) electrons. The Morgan fingerprint density at radius 3 is 2.78 bits per heavy atom. The molecule has 3 aromatic heterocycles. The summed E-state index contributed by atoms with van der Waals surface area (Å²) in [5, 5.41) is 7.49. The van der Waals surface area contributed by atoms with Crippen LogP contribution in [0.4, 0.5) is 17.3 Å². The average molecular weight is 604 g/mol. The minimum Gasteiger partial charge on any atom is -0.495 e. The summed E-state index contributed by atoms with van der Waals surface area (Å²) in [4.78, 5) is 29.1. The van der Waals surface area contributed by atoms with Crippen molar-refractivity contribution in [1.29, 1.82) is 0 Å². The van der Waals surface area contributed by atoms with Gasteiger partial charge in [-0.2, -0.15) is 0 Å². The fourth-order valence-electron chi connectivity index (χ4n) is 7.28. The van der Waals surface area contributed by atoms with Crippen molar-refractivity contribution in [2.45, 2.75) is 37.6 Å². The molecule has 2 aromatic carbocycles. The van der Waals surface area contributed by atoms with Crippen molar-refractivity contribution in [3.05, 3.63) is 79.5 Å². The van der Waals surface area contributed by atoms with Crippen molar-refractivity contribution in [2.24, 2.45) is 13.0 Å². The summed E-state index contributed by atoms with van der Waals surface area (Å²) in [6, 6.07) is 12.7. The number of rotatable bonds is 8. The number of carbonyl (C=O) groups excluding carboxylic acids is 1. The van der Waals surface area contributed by atoms with Crippen molar-refractivity contribution in [2.75, 3.05) is 31.3 Å². The average Bonchev–Trinajstić information content (AvgIpc) is 3.81. The molecule has 7 rings (SSSR count). The van der Waals surface area contributed by atoms with E-state index in [1.165, 1.54) is 25.2 Å². The van der Waals surface area contributed by atoms with Gasteiger partial charge in [0, 0.05) is 47.6 Å². The molecule has 1 aliphatic carbocycles. The number of amides is 1. The van der Waals surface area contributed by atoms with Crippen molar-refractivity contribution < 1.29 is 13.9 Å². The minimum absolute atomic E-state index is 0.260. The van der Waals surface area contributed by atoms with Gasteiger partial charge in [0.2, 0.25) is 17.7 Å². The van der Waals surface area contributed by atoms with E-state index in [4.69, 9.17) is 14.1 Å². The molecule has 1 saturated carbocycles. The number of anilines is 3. The van der Waals surface area contributed by atoms with E-state index in [2.05, 4.69) is 68.1 Å². The molecule has 1 saturated heterocycles. The molecule has 10 nitrogen and oxygen atoms in total. The summed E-state index contributed by atoms with van der Waals surface area (Å²) in [6.07, 6.45) is 12.8. The molecule has 4 heterocycles. The third-order valence-electron chi connectivity index (χ3n) is 9.41. The van der Waals surface area contributed by atoms with Crippen molar-refractivity contribution >= 4 is 34.1 Å². The molecule has 1 amide bonds. The van der Waals surface area contributed by atoms with Crippen molar-refractivity contribution in [3.8, 4) is 28.5 Å². The molecule has 2 fully saturated rings. The first-order chi connectivity index (χ1) is 21.9. The summed E-state index contributed by atoms with van der Waals surface area (Å²) in [6.45, 7) is 4.81. The van der Waals surface area contributed by atoms with E-state index in [1.807, 2.05) is 25.2 Å². The molecule has 10 heteroatoms. The molecule has 3 atom stereocenters. The third kappa shape index (κ3) is 5.35. The molecule has 2 N–H and O–H groups in total.